The number of nitrogens with one attached hydrogen (secondary N) is 1. The van der Waals surface area contributed by atoms with Gasteiger partial charge in [0.25, 0.3) is 0 Å². The number of methoxy groups -OCH3 is 2. The van der Waals surface area contributed by atoms with Crippen LogP contribution >= 0.6 is 0 Å². The van der Waals surface area contributed by atoms with E-state index in [1.807, 2.05) is 18.2 Å². The topological polar surface area (TPSA) is 60.5 Å². The molecule has 2 aromatic rings. The van der Waals surface area contributed by atoms with E-state index < -0.39 is 0 Å². The molecule has 0 amide bonds. The summed E-state index contributed by atoms with van der Waals surface area (Å²) in [5, 5.41) is 4.08. The third kappa shape index (κ3) is 2.00. The second-order valence-electron chi connectivity index (χ2n) is 4.71. The molecule has 0 saturated carbocycles. The Morgan fingerprint density at radius 3 is 2.95 bits per heavy atom. The molecule has 0 fully saturated rings. The molecule has 1 N–H and O–H groups in total. The highest BCUT2D eigenvalue weighted by atomic mass is 16.5. The van der Waals surface area contributed by atoms with Gasteiger partial charge < -0.3 is 14.8 Å². The van der Waals surface area contributed by atoms with E-state index in [2.05, 4.69) is 10.3 Å². The van der Waals surface area contributed by atoms with Crippen molar-refractivity contribution in [2.45, 2.75) is 13.0 Å². The molecule has 1 aromatic carbocycles. The van der Waals surface area contributed by atoms with Crippen molar-refractivity contribution in [1.29, 1.82) is 0 Å². The maximum atomic E-state index is 12.1. The number of hydrogen-bond acceptors (Lipinski definition) is 5. The second kappa shape index (κ2) is 5.09. The first kappa shape index (κ1) is 12.9. The lowest BCUT2D eigenvalue weighted by Crippen LogP contribution is -2.27. The molecule has 1 aliphatic heterocycles. The van der Waals surface area contributed by atoms with Gasteiger partial charge in [0.05, 0.1) is 25.3 Å². The molecule has 1 aliphatic rings. The van der Waals surface area contributed by atoms with Gasteiger partial charge in [0.2, 0.25) is 0 Å². The number of pyridine rings is 1. The van der Waals surface area contributed by atoms with E-state index in [0.717, 1.165) is 40.9 Å². The van der Waals surface area contributed by atoms with Crippen LogP contribution in [-0.4, -0.2) is 31.7 Å². The van der Waals surface area contributed by atoms with Crippen LogP contribution in [-0.2, 0) is 17.7 Å². The Balaban J connectivity index is 2.32. The number of carbonyl (C=O) groups excluding carboxylic acids is 1. The van der Waals surface area contributed by atoms with Crippen molar-refractivity contribution in [1.82, 2.24) is 10.3 Å². The molecule has 104 valence electrons. The molecule has 2 heterocycles. The van der Waals surface area contributed by atoms with Gasteiger partial charge in [-0.05, 0) is 12.1 Å². The Kier molecular flexibility index (Phi) is 3.28. The van der Waals surface area contributed by atoms with Gasteiger partial charge in [-0.3, -0.25) is 4.98 Å². The number of ether oxygens (including phenoxy) is 2. The van der Waals surface area contributed by atoms with Crippen LogP contribution in [0.15, 0.2) is 18.2 Å². The Morgan fingerprint density at radius 1 is 1.35 bits per heavy atom. The number of rotatable bonds is 2. The summed E-state index contributed by atoms with van der Waals surface area (Å²) in [6.45, 7) is 1.52. The zero-order chi connectivity index (χ0) is 14.1. The fraction of sp³-hybridized carbons (Fsp3) is 0.333. The maximum absolute atomic E-state index is 12.1. The summed E-state index contributed by atoms with van der Waals surface area (Å²) in [7, 11) is 3.02. The van der Waals surface area contributed by atoms with Crippen molar-refractivity contribution < 1.29 is 14.3 Å². The van der Waals surface area contributed by atoms with Crippen molar-refractivity contribution in [3.8, 4) is 5.75 Å². The predicted molar refractivity (Wildman–Crippen MR) is 75.0 cm³/mol. The lowest BCUT2D eigenvalue weighted by molar-refractivity contribution is 0.0601. The number of esters is 1. The third-order valence-corrected chi connectivity index (χ3v) is 3.61. The van der Waals surface area contributed by atoms with E-state index in [4.69, 9.17) is 9.47 Å². The van der Waals surface area contributed by atoms with E-state index in [0.29, 0.717) is 12.1 Å². The summed E-state index contributed by atoms with van der Waals surface area (Å²) >= 11 is 0. The largest absolute Gasteiger partial charge is 0.497 e. The van der Waals surface area contributed by atoms with Crippen molar-refractivity contribution in [2.75, 3.05) is 20.8 Å². The van der Waals surface area contributed by atoms with E-state index in [1.54, 1.807) is 7.11 Å². The number of hydrogen-bond donors (Lipinski definition) is 1. The molecule has 3 rings (SSSR count). The highest BCUT2D eigenvalue weighted by molar-refractivity contribution is 6.05. The molecule has 5 heteroatoms. The Labute approximate surface area is 116 Å². The molecule has 0 saturated heterocycles. The first-order valence-corrected chi connectivity index (χ1v) is 6.53. The summed E-state index contributed by atoms with van der Waals surface area (Å²) in [4.78, 5) is 16.8. The average Bonchev–Trinajstić information content (AvgIpc) is 2.51. The standard InChI is InChI=1S/C15H16N2O3/c1-19-9-3-4-10-13(7-9)17-12-5-6-16-8-11(12)14(10)15(18)20-2/h3-4,7,16H,5-6,8H2,1-2H3. The van der Waals surface area contributed by atoms with Crippen LogP contribution in [0.25, 0.3) is 10.9 Å². The van der Waals surface area contributed by atoms with E-state index in [-0.39, 0.29) is 5.97 Å². The maximum Gasteiger partial charge on any atom is 0.338 e. The molecular weight excluding hydrogens is 256 g/mol. The van der Waals surface area contributed by atoms with Gasteiger partial charge in [-0.2, -0.15) is 0 Å². The quantitative estimate of drug-likeness (QED) is 0.843. The van der Waals surface area contributed by atoms with Crippen LogP contribution in [0.2, 0.25) is 0 Å². The molecular formula is C15H16N2O3. The molecule has 20 heavy (non-hydrogen) atoms. The monoisotopic (exact) mass is 272 g/mol. The van der Waals surface area contributed by atoms with Crippen LogP contribution in [0.5, 0.6) is 5.75 Å². The van der Waals surface area contributed by atoms with Gasteiger partial charge >= 0.3 is 5.97 Å². The van der Waals surface area contributed by atoms with Gasteiger partial charge in [0.1, 0.15) is 5.75 Å². The second-order valence-corrected chi connectivity index (χ2v) is 4.71. The number of benzene rings is 1. The van der Waals surface area contributed by atoms with Gasteiger partial charge in [-0.15, -0.1) is 0 Å². The van der Waals surface area contributed by atoms with Gasteiger partial charge in [0.15, 0.2) is 0 Å². The van der Waals surface area contributed by atoms with Crippen molar-refractivity contribution in [3.05, 3.63) is 35.0 Å². The van der Waals surface area contributed by atoms with Crippen LogP contribution < -0.4 is 10.1 Å². The van der Waals surface area contributed by atoms with Gasteiger partial charge in [-0.25, -0.2) is 4.79 Å². The lowest BCUT2D eigenvalue weighted by Gasteiger charge is -2.20. The minimum atomic E-state index is -0.317. The Morgan fingerprint density at radius 2 is 2.20 bits per heavy atom. The minimum Gasteiger partial charge on any atom is -0.497 e. The van der Waals surface area contributed by atoms with E-state index in [1.165, 1.54) is 7.11 Å². The molecule has 0 aliphatic carbocycles. The van der Waals surface area contributed by atoms with Crippen LogP contribution in [0.1, 0.15) is 21.6 Å². The first-order valence-electron chi connectivity index (χ1n) is 6.53. The van der Waals surface area contributed by atoms with E-state index in [9.17, 15) is 4.79 Å². The van der Waals surface area contributed by atoms with Crippen molar-refractivity contribution >= 4 is 16.9 Å². The number of aromatic nitrogens is 1. The summed E-state index contributed by atoms with van der Waals surface area (Å²) in [5.41, 5.74) is 3.29. The fourth-order valence-corrected chi connectivity index (χ4v) is 2.61. The molecule has 0 unspecified atom stereocenters. The fourth-order valence-electron chi connectivity index (χ4n) is 2.61. The normalized spacial score (nSPS) is 13.9. The highest BCUT2D eigenvalue weighted by Gasteiger charge is 2.23. The van der Waals surface area contributed by atoms with Crippen LogP contribution in [0.4, 0.5) is 0 Å². The number of carbonyl (C=O) groups is 1. The summed E-state index contributed by atoms with van der Waals surface area (Å²) in [6, 6.07) is 5.55. The first-order chi connectivity index (χ1) is 9.74. The lowest BCUT2D eigenvalue weighted by atomic mass is 9.96. The van der Waals surface area contributed by atoms with Crippen molar-refractivity contribution in [2.24, 2.45) is 0 Å². The third-order valence-electron chi connectivity index (χ3n) is 3.61. The number of nitrogens with zero attached hydrogens (tertiary/aromatic N) is 1. The SMILES string of the molecule is COC(=O)c1c2c(nc3cc(OC)ccc13)CCNC2. The summed E-state index contributed by atoms with van der Waals surface area (Å²) in [5.74, 6) is 0.414. The average molecular weight is 272 g/mol. The molecule has 0 spiro atoms. The minimum absolute atomic E-state index is 0.317. The van der Waals surface area contributed by atoms with E-state index >= 15 is 0 Å². The Hall–Kier alpha value is -2.14. The van der Waals surface area contributed by atoms with Crippen LogP contribution in [0, 0.1) is 0 Å². The molecule has 0 bridgehead atoms. The van der Waals surface area contributed by atoms with Gasteiger partial charge in [-0.1, -0.05) is 0 Å². The highest BCUT2D eigenvalue weighted by Crippen LogP contribution is 2.28. The molecule has 0 radical (unpaired) electrons. The molecule has 0 atom stereocenters. The summed E-state index contributed by atoms with van der Waals surface area (Å²) in [6.07, 6.45) is 0.812. The van der Waals surface area contributed by atoms with Crippen LogP contribution in [0.3, 0.4) is 0 Å². The molecule has 1 aromatic heterocycles. The zero-order valence-corrected chi connectivity index (χ0v) is 11.5. The predicted octanol–water partition coefficient (Wildman–Crippen LogP) is 1.68. The smallest absolute Gasteiger partial charge is 0.338 e. The van der Waals surface area contributed by atoms with Gasteiger partial charge in [0, 0.05) is 42.2 Å². The number of fused-ring (bicyclic) bond motifs is 2. The Bertz CT molecular complexity index is 682. The molecule has 5 nitrogen and oxygen atoms in total. The zero-order valence-electron chi connectivity index (χ0n) is 11.5. The van der Waals surface area contributed by atoms with Crippen molar-refractivity contribution in [3.63, 3.8) is 0 Å². The summed E-state index contributed by atoms with van der Waals surface area (Å²) < 4.78 is 10.2.